The molecule has 88 valence electrons. The van der Waals surface area contributed by atoms with Gasteiger partial charge in [0.2, 0.25) is 5.91 Å². The number of rotatable bonds is 3. The Morgan fingerprint density at radius 1 is 1.50 bits per heavy atom. The third kappa shape index (κ3) is 2.15. The summed E-state index contributed by atoms with van der Waals surface area (Å²) in [6, 6.07) is -0.878. The minimum Gasteiger partial charge on any atom is -0.385 e. The highest BCUT2D eigenvalue weighted by Gasteiger charge is 2.31. The molecule has 0 aromatic carbocycles. The maximum Gasteiger partial charge on any atom is 0.242 e. The number of nitrogens with zero attached hydrogens (tertiary/aromatic N) is 2. The lowest BCUT2D eigenvalue weighted by atomic mass is 10.0. The van der Waals surface area contributed by atoms with Crippen molar-refractivity contribution in [3.05, 3.63) is 12.3 Å². The molecule has 1 saturated heterocycles. The zero-order valence-electron chi connectivity index (χ0n) is 9.17. The minimum atomic E-state index is -0.955. The maximum absolute atomic E-state index is 11.9. The van der Waals surface area contributed by atoms with Gasteiger partial charge in [-0.1, -0.05) is 6.08 Å². The van der Waals surface area contributed by atoms with Gasteiger partial charge in [-0.15, -0.1) is 0 Å². The summed E-state index contributed by atoms with van der Waals surface area (Å²) in [6.45, 7) is 1.51. The van der Waals surface area contributed by atoms with E-state index in [2.05, 4.69) is 4.99 Å². The Hall–Kier alpha value is -1.20. The highest BCUT2D eigenvalue weighted by molar-refractivity contribution is 5.97. The van der Waals surface area contributed by atoms with Crippen LogP contribution in [-0.2, 0) is 4.79 Å². The van der Waals surface area contributed by atoms with Crippen molar-refractivity contribution in [3.63, 3.8) is 0 Å². The van der Waals surface area contributed by atoms with Crippen LogP contribution in [0.2, 0.25) is 0 Å². The lowest BCUT2D eigenvalue weighted by Gasteiger charge is -2.23. The van der Waals surface area contributed by atoms with Gasteiger partial charge in [0.05, 0.1) is 5.71 Å². The lowest BCUT2D eigenvalue weighted by Crippen LogP contribution is -2.51. The summed E-state index contributed by atoms with van der Waals surface area (Å²) in [7, 11) is 0. The number of amides is 1. The summed E-state index contributed by atoms with van der Waals surface area (Å²) in [5.74, 6) is -0.167. The van der Waals surface area contributed by atoms with Gasteiger partial charge in [-0.25, -0.2) is 0 Å². The second kappa shape index (κ2) is 4.76. The normalized spacial score (nSPS) is 23.4. The summed E-state index contributed by atoms with van der Waals surface area (Å²) < 4.78 is 0. The van der Waals surface area contributed by atoms with Gasteiger partial charge in [0.1, 0.15) is 12.1 Å². The Bertz CT molecular complexity index is 332. The third-order valence-corrected chi connectivity index (χ3v) is 3.06. The van der Waals surface area contributed by atoms with Crippen molar-refractivity contribution < 1.29 is 9.90 Å². The molecule has 2 aliphatic rings. The molecule has 0 aliphatic carbocycles. The van der Waals surface area contributed by atoms with Crippen molar-refractivity contribution in [3.8, 4) is 0 Å². The number of aliphatic hydroxyl groups is 1. The van der Waals surface area contributed by atoms with Crippen LogP contribution in [0.4, 0.5) is 0 Å². The van der Waals surface area contributed by atoms with Crippen molar-refractivity contribution in [2.75, 3.05) is 13.1 Å². The fourth-order valence-corrected chi connectivity index (χ4v) is 2.06. The zero-order valence-corrected chi connectivity index (χ0v) is 9.17. The predicted octanol–water partition coefficient (Wildman–Crippen LogP) is -0.345. The number of aliphatic hydroxyl groups excluding tert-OH is 1. The summed E-state index contributed by atoms with van der Waals surface area (Å²) in [4.78, 5) is 17.6. The fraction of sp³-hybridized carbons (Fsp3) is 0.636. The molecule has 0 aromatic rings. The highest BCUT2D eigenvalue weighted by Crippen LogP contribution is 2.12. The molecule has 0 radical (unpaired) electrons. The zero-order chi connectivity index (χ0) is 11.5. The van der Waals surface area contributed by atoms with Gasteiger partial charge in [0.25, 0.3) is 0 Å². The van der Waals surface area contributed by atoms with E-state index in [1.54, 1.807) is 11.1 Å². The standard InChI is InChI=1S/C11H17N3O2/c12-9(10(15)8-4-3-5-13-8)11(16)14-6-1-2-7-14/h3,5,9-10,15H,1-2,4,6-7,12H2. The molecular weight excluding hydrogens is 206 g/mol. The molecule has 0 saturated carbocycles. The van der Waals surface area contributed by atoms with Crippen molar-refractivity contribution in [1.29, 1.82) is 0 Å². The van der Waals surface area contributed by atoms with Crippen LogP contribution >= 0.6 is 0 Å². The molecule has 2 rings (SSSR count). The Labute approximate surface area is 94.6 Å². The topological polar surface area (TPSA) is 78.9 Å². The molecule has 3 N–H and O–H groups in total. The van der Waals surface area contributed by atoms with E-state index in [-0.39, 0.29) is 5.91 Å². The largest absolute Gasteiger partial charge is 0.385 e. The number of hydrogen-bond acceptors (Lipinski definition) is 4. The smallest absolute Gasteiger partial charge is 0.242 e. The van der Waals surface area contributed by atoms with Crippen LogP contribution < -0.4 is 5.73 Å². The Morgan fingerprint density at radius 3 is 2.75 bits per heavy atom. The van der Waals surface area contributed by atoms with E-state index in [0.717, 1.165) is 25.9 Å². The maximum atomic E-state index is 11.9. The molecule has 16 heavy (non-hydrogen) atoms. The molecular formula is C11H17N3O2. The molecule has 2 unspecified atom stereocenters. The minimum absolute atomic E-state index is 0.167. The van der Waals surface area contributed by atoms with Crippen LogP contribution in [-0.4, -0.2) is 46.9 Å². The van der Waals surface area contributed by atoms with Crippen LogP contribution in [0.5, 0.6) is 0 Å². The number of likely N-dealkylation sites (tertiary alicyclic amines) is 1. The van der Waals surface area contributed by atoms with Crippen LogP contribution in [0.3, 0.4) is 0 Å². The van der Waals surface area contributed by atoms with Gasteiger partial charge in [-0.2, -0.15) is 0 Å². The van der Waals surface area contributed by atoms with E-state index in [4.69, 9.17) is 5.73 Å². The Morgan fingerprint density at radius 2 is 2.19 bits per heavy atom. The van der Waals surface area contributed by atoms with Crippen molar-refractivity contribution in [2.45, 2.75) is 31.4 Å². The monoisotopic (exact) mass is 223 g/mol. The SMILES string of the molecule is NC(C(=O)N1CCCC1)C(O)C1=NC=CC1. The summed E-state index contributed by atoms with van der Waals surface area (Å²) in [5.41, 5.74) is 6.35. The van der Waals surface area contributed by atoms with Crippen LogP contribution in [0.25, 0.3) is 0 Å². The number of aliphatic imine (C=N–C) groups is 1. The first-order chi connectivity index (χ1) is 7.70. The van der Waals surface area contributed by atoms with E-state index in [1.165, 1.54) is 0 Å². The van der Waals surface area contributed by atoms with Crippen LogP contribution in [0.15, 0.2) is 17.3 Å². The average Bonchev–Trinajstić information content (AvgIpc) is 2.97. The molecule has 2 atom stereocenters. The van der Waals surface area contributed by atoms with Crippen molar-refractivity contribution in [1.82, 2.24) is 4.90 Å². The van der Waals surface area contributed by atoms with Gasteiger partial charge in [-0.05, 0) is 12.8 Å². The first-order valence-corrected chi connectivity index (χ1v) is 5.64. The van der Waals surface area contributed by atoms with E-state index >= 15 is 0 Å². The van der Waals surface area contributed by atoms with E-state index in [9.17, 15) is 9.90 Å². The molecule has 0 bridgehead atoms. The molecule has 5 nitrogen and oxygen atoms in total. The number of allylic oxidation sites excluding steroid dienone is 1. The molecule has 1 fully saturated rings. The molecule has 0 aromatic heterocycles. The quantitative estimate of drug-likeness (QED) is 0.686. The van der Waals surface area contributed by atoms with Gasteiger partial charge in [0, 0.05) is 25.7 Å². The highest BCUT2D eigenvalue weighted by atomic mass is 16.3. The van der Waals surface area contributed by atoms with Gasteiger partial charge in [-0.3, -0.25) is 9.79 Å². The first kappa shape index (κ1) is 11.3. The van der Waals surface area contributed by atoms with Gasteiger partial charge < -0.3 is 15.7 Å². The summed E-state index contributed by atoms with van der Waals surface area (Å²) in [6.07, 6.45) is 5.15. The van der Waals surface area contributed by atoms with Crippen molar-refractivity contribution in [2.24, 2.45) is 10.7 Å². The first-order valence-electron chi connectivity index (χ1n) is 5.64. The lowest BCUT2D eigenvalue weighted by molar-refractivity contribution is -0.133. The third-order valence-electron chi connectivity index (χ3n) is 3.06. The van der Waals surface area contributed by atoms with E-state index in [0.29, 0.717) is 12.1 Å². The number of nitrogens with two attached hydrogens (primary N) is 1. The molecule has 1 amide bonds. The van der Waals surface area contributed by atoms with E-state index < -0.39 is 12.1 Å². The summed E-state index contributed by atoms with van der Waals surface area (Å²) in [5, 5.41) is 9.90. The number of hydrogen-bond donors (Lipinski definition) is 2. The number of carbonyl (C=O) groups excluding carboxylic acids is 1. The average molecular weight is 223 g/mol. The molecule has 0 spiro atoms. The summed E-state index contributed by atoms with van der Waals surface area (Å²) >= 11 is 0. The molecule has 2 heterocycles. The number of carbonyl (C=O) groups is 1. The molecule has 2 aliphatic heterocycles. The second-order valence-electron chi connectivity index (χ2n) is 4.21. The Balaban J connectivity index is 1.95. The van der Waals surface area contributed by atoms with Crippen LogP contribution in [0.1, 0.15) is 19.3 Å². The molecule has 5 heteroatoms. The predicted molar refractivity (Wildman–Crippen MR) is 61.0 cm³/mol. The second-order valence-corrected chi connectivity index (χ2v) is 4.21. The van der Waals surface area contributed by atoms with Crippen molar-refractivity contribution >= 4 is 11.6 Å². The van der Waals surface area contributed by atoms with Gasteiger partial charge in [0.15, 0.2) is 0 Å². The van der Waals surface area contributed by atoms with E-state index in [1.807, 2.05) is 6.08 Å². The van der Waals surface area contributed by atoms with Crippen LogP contribution in [0, 0.1) is 0 Å². The fourth-order valence-electron chi connectivity index (χ4n) is 2.06. The Kier molecular flexibility index (Phi) is 3.36. The van der Waals surface area contributed by atoms with Gasteiger partial charge >= 0.3 is 0 Å².